The van der Waals surface area contributed by atoms with Gasteiger partial charge < -0.3 is 5.32 Å². The van der Waals surface area contributed by atoms with Gasteiger partial charge in [-0.25, -0.2) is 0 Å². The van der Waals surface area contributed by atoms with Crippen molar-refractivity contribution in [1.82, 2.24) is 10.3 Å². The molecule has 3 heteroatoms. The predicted molar refractivity (Wildman–Crippen MR) is 73.4 cm³/mol. The number of nitrogens with one attached hydrogen (secondary N) is 1. The van der Waals surface area contributed by atoms with Crippen molar-refractivity contribution in [3.63, 3.8) is 0 Å². The largest absolute Gasteiger partial charge is 0.306 e. The third kappa shape index (κ3) is 3.14. The van der Waals surface area contributed by atoms with Crippen LogP contribution in [-0.2, 0) is 0 Å². The van der Waals surface area contributed by atoms with Crippen LogP contribution in [0.1, 0.15) is 36.2 Å². The molecular weight excluding hydrogens is 228 g/mol. The molecule has 0 bridgehead atoms. The summed E-state index contributed by atoms with van der Waals surface area (Å²) in [6.07, 6.45) is 3.11. The van der Waals surface area contributed by atoms with Crippen molar-refractivity contribution in [2.75, 3.05) is 6.54 Å². The van der Waals surface area contributed by atoms with E-state index in [0.717, 1.165) is 18.7 Å². The van der Waals surface area contributed by atoms with E-state index in [9.17, 15) is 0 Å². The molecule has 1 N–H and O–H groups in total. The van der Waals surface area contributed by atoms with Gasteiger partial charge in [-0.2, -0.15) is 11.3 Å². The van der Waals surface area contributed by atoms with Gasteiger partial charge in [-0.15, -0.1) is 0 Å². The zero-order valence-electron chi connectivity index (χ0n) is 10.3. The molecule has 2 rings (SSSR count). The van der Waals surface area contributed by atoms with Crippen molar-refractivity contribution in [3.05, 3.63) is 52.0 Å². The van der Waals surface area contributed by atoms with Crippen LogP contribution >= 0.6 is 11.3 Å². The number of aryl methyl sites for hydroxylation is 1. The summed E-state index contributed by atoms with van der Waals surface area (Å²) in [5.41, 5.74) is 3.63. The molecule has 0 spiro atoms. The van der Waals surface area contributed by atoms with Gasteiger partial charge in [-0.3, -0.25) is 4.98 Å². The Morgan fingerprint density at radius 3 is 2.76 bits per heavy atom. The molecular formula is C14H18N2S. The van der Waals surface area contributed by atoms with Crippen LogP contribution in [0.4, 0.5) is 0 Å². The second-order valence-corrected chi connectivity index (χ2v) is 4.96. The number of thiophene rings is 1. The molecule has 0 aliphatic heterocycles. The molecule has 2 aromatic heterocycles. The fourth-order valence-electron chi connectivity index (χ4n) is 1.81. The van der Waals surface area contributed by atoms with Gasteiger partial charge in [0.05, 0.1) is 6.04 Å². The van der Waals surface area contributed by atoms with E-state index in [-0.39, 0.29) is 6.04 Å². The Balaban J connectivity index is 2.23. The molecule has 0 amide bonds. The first-order valence-corrected chi connectivity index (χ1v) is 6.93. The molecule has 0 aliphatic carbocycles. The van der Waals surface area contributed by atoms with E-state index in [4.69, 9.17) is 0 Å². The molecule has 17 heavy (non-hydrogen) atoms. The minimum atomic E-state index is 0.272. The van der Waals surface area contributed by atoms with Crippen molar-refractivity contribution in [2.45, 2.75) is 26.3 Å². The highest BCUT2D eigenvalue weighted by Crippen LogP contribution is 2.23. The van der Waals surface area contributed by atoms with E-state index in [2.05, 4.69) is 46.2 Å². The summed E-state index contributed by atoms with van der Waals surface area (Å²) in [5.74, 6) is 0. The van der Waals surface area contributed by atoms with Gasteiger partial charge in [0, 0.05) is 11.9 Å². The van der Waals surface area contributed by atoms with Crippen molar-refractivity contribution >= 4 is 11.3 Å². The predicted octanol–water partition coefficient (Wildman–Crippen LogP) is 3.54. The summed E-state index contributed by atoms with van der Waals surface area (Å²) in [6.45, 7) is 5.22. The molecule has 0 aromatic carbocycles. The summed E-state index contributed by atoms with van der Waals surface area (Å²) in [5, 5.41) is 7.90. The summed E-state index contributed by atoms with van der Waals surface area (Å²) in [4.78, 5) is 4.38. The van der Waals surface area contributed by atoms with Gasteiger partial charge in [0.15, 0.2) is 0 Å². The Morgan fingerprint density at radius 1 is 1.29 bits per heavy atom. The number of hydrogen-bond acceptors (Lipinski definition) is 3. The maximum atomic E-state index is 4.38. The molecule has 0 fully saturated rings. The molecule has 0 saturated heterocycles. The average Bonchev–Trinajstić information content (AvgIpc) is 2.85. The van der Waals surface area contributed by atoms with Gasteiger partial charge in [0.25, 0.3) is 0 Å². The third-order valence-electron chi connectivity index (χ3n) is 2.74. The number of nitrogens with zero attached hydrogens (tertiary/aromatic N) is 1. The first kappa shape index (κ1) is 12.3. The second kappa shape index (κ2) is 5.94. The standard InChI is InChI=1S/C14H18N2S/c1-3-7-15-14(13-6-8-17-10-13)12-5-4-11(2)16-9-12/h4-6,8-10,14-15H,3,7H2,1-2H3. The minimum absolute atomic E-state index is 0.272. The lowest BCUT2D eigenvalue weighted by atomic mass is 10.0. The Kier molecular flexibility index (Phi) is 4.29. The molecule has 0 saturated carbocycles. The van der Waals surface area contributed by atoms with Crippen molar-refractivity contribution in [3.8, 4) is 0 Å². The summed E-state index contributed by atoms with van der Waals surface area (Å²) < 4.78 is 0. The van der Waals surface area contributed by atoms with E-state index in [1.807, 2.05) is 13.1 Å². The van der Waals surface area contributed by atoms with E-state index in [0.29, 0.717) is 0 Å². The van der Waals surface area contributed by atoms with Gasteiger partial charge in [0.2, 0.25) is 0 Å². The van der Waals surface area contributed by atoms with E-state index >= 15 is 0 Å². The smallest absolute Gasteiger partial charge is 0.0600 e. The van der Waals surface area contributed by atoms with Crippen molar-refractivity contribution in [2.24, 2.45) is 0 Å². The van der Waals surface area contributed by atoms with Crippen LogP contribution in [-0.4, -0.2) is 11.5 Å². The van der Waals surface area contributed by atoms with E-state index < -0.39 is 0 Å². The van der Waals surface area contributed by atoms with Crippen molar-refractivity contribution in [1.29, 1.82) is 0 Å². The molecule has 2 heterocycles. The van der Waals surface area contributed by atoms with Crippen LogP contribution in [0.2, 0.25) is 0 Å². The summed E-state index contributed by atoms with van der Waals surface area (Å²) in [6, 6.07) is 6.68. The normalized spacial score (nSPS) is 12.6. The van der Waals surface area contributed by atoms with Crippen LogP contribution in [0.5, 0.6) is 0 Å². The maximum Gasteiger partial charge on any atom is 0.0600 e. The number of hydrogen-bond donors (Lipinski definition) is 1. The topological polar surface area (TPSA) is 24.9 Å². The maximum absolute atomic E-state index is 4.38. The highest BCUT2D eigenvalue weighted by molar-refractivity contribution is 7.08. The molecule has 1 unspecified atom stereocenters. The van der Waals surface area contributed by atoms with Crippen LogP contribution in [0.3, 0.4) is 0 Å². The zero-order valence-corrected chi connectivity index (χ0v) is 11.1. The Hall–Kier alpha value is -1.19. The van der Waals surface area contributed by atoms with Gasteiger partial charge in [-0.1, -0.05) is 13.0 Å². The van der Waals surface area contributed by atoms with E-state index in [1.165, 1.54) is 11.1 Å². The second-order valence-electron chi connectivity index (χ2n) is 4.18. The quantitative estimate of drug-likeness (QED) is 0.873. The molecule has 90 valence electrons. The lowest BCUT2D eigenvalue weighted by Gasteiger charge is -2.17. The fourth-order valence-corrected chi connectivity index (χ4v) is 2.49. The number of rotatable bonds is 5. The highest BCUT2D eigenvalue weighted by atomic mass is 32.1. The average molecular weight is 246 g/mol. The Labute approximate surface area is 107 Å². The first-order chi connectivity index (χ1) is 8.31. The Morgan fingerprint density at radius 2 is 2.18 bits per heavy atom. The number of aromatic nitrogens is 1. The van der Waals surface area contributed by atoms with Crippen LogP contribution in [0.25, 0.3) is 0 Å². The number of pyridine rings is 1. The fraction of sp³-hybridized carbons (Fsp3) is 0.357. The summed E-state index contributed by atoms with van der Waals surface area (Å²) in [7, 11) is 0. The van der Waals surface area contributed by atoms with Gasteiger partial charge in [-0.05, 0) is 53.9 Å². The first-order valence-electron chi connectivity index (χ1n) is 5.99. The highest BCUT2D eigenvalue weighted by Gasteiger charge is 2.13. The molecule has 2 aromatic rings. The summed E-state index contributed by atoms with van der Waals surface area (Å²) >= 11 is 1.74. The third-order valence-corrected chi connectivity index (χ3v) is 3.44. The molecule has 0 aliphatic rings. The molecule has 2 nitrogen and oxygen atoms in total. The Bertz CT molecular complexity index is 434. The minimum Gasteiger partial charge on any atom is -0.306 e. The van der Waals surface area contributed by atoms with Crippen LogP contribution in [0.15, 0.2) is 35.2 Å². The monoisotopic (exact) mass is 246 g/mol. The molecule has 1 atom stereocenters. The van der Waals surface area contributed by atoms with Crippen molar-refractivity contribution < 1.29 is 0 Å². The van der Waals surface area contributed by atoms with Crippen LogP contribution in [0, 0.1) is 6.92 Å². The van der Waals surface area contributed by atoms with E-state index in [1.54, 1.807) is 11.3 Å². The van der Waals surface area contributed by atoms with Gasteiger partial charge >= 0.3 is 0 Å². The lowest BCUT2D eigenvalue weighted by Crippen LogP contribution is -2.22. The lowest BCUT2D eigenvalue weighted by molar-refractivity contribution is 0.598. The van der Waals surface area contributed by atoms with Gasteiger partial charge in [0.1, 0.15) is 0 Å². The van der Waals surface area contributed by atoms with Crippen LogP contribution < -0.4 is 5.32 Å². The zero-order chi connectivity index (χ0) is 12.1. The SMILES string of the molecule is CCCNC(c1ccc(C)nc1)c1ccsc1. The molecule has 0 radical (unpaired) electrons.